The van der Waals surface area contributed by atoms with Gasteiger partial charge in [0, 0.05) is 10.0 Å². The van der Waals surface area contributed by atoms with Gasteiger partial charge >= 0.3 is 5.97 Å². The summed E-state index contributed by atoms with van der Waals surface area (Å²) in [5.74, 6) is -1.76. The third-order valence-corrected chi connectivity index (χ3v) is 4.38. The normalized spacial score (nSPS) is 10.1. The Kier molecular flexibility index (Phi) is 7.44. The van der Waals surface area contributed by atoms with Crippen molar-refractivity contribution >= 4 is 62.6 Å². The summed E-state index contributed by atoms with van der Waals surface area (Å²) < 4.78 is 5.54. The molecule has 0 atom stereocenters. The van der Waals surface area contributed by atoms with E-state index in [1.54, 1.807) is 42.5 Å². The van der Waals surface area contributed by atoms with E-state index in [0.29, 0.717) is 11.3 Å². The maximum Gasteiger partial charge on any atom is 0.325 e. The number of hydrogen-bond acceptors (Lipinski definition) is 4. The van der Waals surface area contributed by atoms with Gasteiger partial charge in [0.2, 0.25) is 0 Å². The number of esters is 1. The molecule has 0 aliphatic carbocycles. The predicted molar refractivity (Wildman–Crippen MR) is 103 cm³/mol. The molecule has 2 amide bonds. The fourth-order valence-corrected chi connectivity index (χ4v) is 2.61. The van der Waals surface area contributed by atoms with Crippen LogP contribution >= 0.6 is 39.1 Å². The van der Waals surface area contributed by atoms with Crippen molar-refractivity contribution in [3.8, 4) is 0 Å². The second-order valence-electron chi connectivity index (χ2n) is 5.00. The molecule has 26 heavy (non-hydrogen) atoms. The molecular formula is C17H13BrCl2N2O4. The standard InChI is InChI=1S/C17H13BrCl2N2O4/c18-11-4-1-3-10(7-11)17(25)21-8-15(24)26-9-14(23)22-13-6-2-5-12(19)16(13)20/h1-7H,8-9H2,(H,21,25)(H,22,23). The number of halogens is 3. The summed E-state index contributed by atoms with van der Waals surface area (Å²) in [6.07, 6.45) is 0. The van der Waals surface area contributed by atoms with Gasteiger partial charge in [-0.3, -0.25) is 14.4 Å². The monoisotopic (exact) mass is 458 g/mol. The van der Waals surface area contributed by atoms with Crippen LogP contribution in [0.1, 0.15) is 10.4 Å². The summed E-state index contributed by atoms with van der Waals surface area (Å²) >= 11 is 15.0. The SMILES string of the molecule is O=C(COC(=O)CNC(=O)c1cccc(Br)c1)Nc1cccc(Cl)c1Cl. The lowest BCUT2D eigenvalue weighted by molar-refractivity contribution is -0.146. The number of amides is 2. The highest BCUT2D eigenvalue weighted by atomic mass is 79.9. The van der Waals surface area contributed by atoms with E-state index in [9.17, 15) is 14.4 Å². The molecule has 0 saturated carbocycles. The Hall–Kier alpha value is -2.09. The highest BCUT2D eigenvalue weighted by molar-refractivity contribution is 9.10. The van der Waals surface area contributed by atoms with E-state index in [2.05, 4.69) is 26.6 Å². The molecule has 0 heterocycles. The molecule has 0 unspecified atom stereocenters. The highest BCUT2D eigenvalue weighted by Gasteiger charge is 2.12. The number of carbonyl (C=O) groups is 3. The van der Waals surface area contributed by atoms with Crippen LogP contribution in [0.4, 0.5) is 5.69 Å². The van der Waals surface area contributed by atoms with E-state index in [1.165, 1.54) is 0 Å². The van der Waals surface area contributed by atoms with E-state index in [-0.39, 0.29) is 16.6 Å². The molecule has 9 heteroatoms. The average Bonchev–Trinajstić information content (AvgIpc) is 2.61. The van der Waals surface area contributed by atoms with Gasteiger partial charge in [0.15, 0.2) is 6.61 Å². The quantitative estimate of drug-likeness (QED) is 0.645. The Morgan fingerprint density at radius 1 is 1.08 bits per heavy atom. The topological polar surface area (TPSA) is 84.5 Å². The van der Waals surface area contributed by atoms with Crippen molar-refractivity contribution in [3.63, 3.8) is 0 Å². The van der Waals surface area contributed by atoms with Crippen molar-refractivity contribution < 1.29 is 19.1 Å². The number of anilines is 1. The van der Waals surface area contributed by atoms with Crippen LogP contribution in [0.5, 0.6) is 0 Å². The highest BCUT2D eigenvalue weighted by Crippen LogP contribution is 2.29. The molecule has 0 aromatic heterocycles. The van der Waals surface area contributed by atoms with Crippen LogP contribution in [-0.4, -0.2) is 30.9 Å². The Balaban J connectivity index is 1.77. The number of nitrogens with one attached hydrogen (secondary N) is 2. The van der Waals surface area contributed by atoms with Crippen molar-refractivity contribution in [1.82, 2.24) is 5.32 Å². The van der Waals surface area contributed by atoms with Gasteiger partial charge in [-0.05, 0) is 30.3 Å². The van der Waals surface area contributed by atoms with Gasteiger partial charge in [0.05, 0.1) is 15.7 Å². The molecule has 0 fully saturated rings. The first-order valence-corrected chi connectivity index (χ1v) is 8.85. The lowest BCUT2D eigenvalue weighted by Crippen LogP contribution is -2.32. The van der Waals surface area contributed by atoms with Crippen LogP contribution in [0.15, 0.2) is 46.9 Å². The summed E-state index contributed by atoms with van der Waals surface area (Å²) in [7, 11) is 0. The largest absolute Gasteiger partial charge is 0.454 e. The molecule has 2 aromatic carbocycles. The van der Waals surface area contributed by atoms with Crippen LogP contribution in [0.2, 0.25) is 10.0 Å². The Bertz CT molecular complexity index is 845. The van der Waals surface area contributed by atoms with E-state index >= 15 is 0 Å². The second-order valence-corrected chi connectivity index (χ2v) is 6.70. The summed E-state index contributed by atoms with van der Waals surface area (Å²) in [4.78, 5) is 35.3. The minimum absolute atomic E-state index is 0.190. The van der Waals surface area contributed by atoms with Crippen LogP contribution in [0.25, 0.3) is 0 Å². The van der Waals surface area contributed by atoms with Gasteiger partial charge in [-0.1, -0.05) is 51.3 Å². The second kappa shape index (κ2) is 9.56. The molecule has 2 aromatic rings. The first-order chi connectivity index (χ1) is 12.4. The summed E-state index contributed by atoms with van der Waals surface area (Å²) in [5.41, 5.74) is 0.698. The number of hydrogen-bond donors (Lipinski definition) is 2. The molecule has 0 aliphatic heterocycles. The van der Waals surface area contributed by atoms with Gasteiger partial charge < -0.3 is 15.4 Å². The van der Waals surface area contributed by atoms with E-state index in [4.69, 9.17) is 27.9 Å². The van der Waals surface area contributed by atoms with Crippen molar-refractivity contribution in [2.75, 3.05) is 18.5 Å². The van der Waals surface area contributed by atoms with Gasteiger partial charge in [0.25, 0.3) is 11.8 Å². The molecule has 2 rings (SSSR count). The summed E-state index contributed by atoms with van der Waals surface area (Å²) in [6.45, 7) is -0.884. The molecule has 0 spiro atoms. The number of benzene rings is 2. The zero-order chi connectivity index (χ0) is 19.1. The van der Waals surface area contributed by atoms with Crippen LogP contribution < -0.4 is 10.6 Å². The third-order valence-electron chi connectivity index (χ3n) is 3.07. The van der Waals surface area contributed by atoms with Gasteiger partial charge in [-0.2, -0.15) is 0 Å². The van der Waals surface area contributed by atoms with E-state index in [0.717, 1.165) is 4.47 Å². The maximum atomic E-state index is 11.9. The molecule has 2 N–H and O–H groups in total. The molecule has 6 nitrogen and oxygen atoms in total. The number of ether oxygens (including phenoxy) is 1. The smallest absolute Gasteiger partial charge is 0.325 e. The minimum Gasteiger partial charge on any atom is -0.454 e. The van der Waals surface area contributed by atoms with Crippen molar-refractivity contribution in [2.24, 2.45) is 0 Å². The zero-order valence-corrected chi connectivity index (χ0v) is 16.3. The average molecular weight is 460 g/mol. The molecule has 0 aliphatic rings. The maximum absolute atomic E-state index is 11.9. The third kappa shape index (κ3) is 6.01. The molecule has 0 saturated heterocycles. The van der Waals surface area contributed by atoms with Crippen LogP contribution in [0.3, 0.4) is 0 Å². The molecule has 0 radical (unpaired) electrons. The van der Waals surface area contributed by atoms with Crippen molar-refractivity contribution in [3.05, 3.63) is 62.5 Å². The number of carbonyl (C=O) groups excluding carboxylic acids is 3. The van der Waals surface area contributed by atoms with E-state index in [1.807, 2.05) is 0 Å². The van der Waals surface area contributed by atoms with Crippen LogP contribution in [-0.2, 0) is 14.3 Å². The fourth-order valence-electron chi connectivity index (χ4n) is 1.87. The Morgan fingerprint density at radius 2 is 1.81 bits per heavy atom. The Labute approximate surface area is 167 Å². The Morgan fingerprint density at radius 3 is 2.54 bits per heavy atom. The van der Waals surface area contributed by atoms with Crippen LogP contribution in [0, 0.1) is 0 Å². The van der Waals surface area contributed by atoms with Gasteiger partial charge in [-0.15, -0.1) is 0 Å². The summed E-state index contributed by atoms with van der Waals surface area (Å²) in [5, 5.41) is 5.37. The first-order valence-electron chi connectivity index (χ1n) is 7.30. The lowest BCUT2D eigenvalue weighted by Gasteiger charge is -2.09. The van der Waals surface area contributed by atoms with Crippen molar-refractivity contribution in [2.45, 2.75) is 0 Å². The van der Waals surface area contributed by atoms with Crippen molar-refractivity contribution in [1.29, 1.82) is 0 Å². The number of rotatable bonds is 6. The predicted octanol–water partition coefficient (Wildman–Crippen LogP) is 3.67. The minimum atomic E-state index is -0.749. The van der Waals surface area contributed by atoms with Gasteiger partial charge in [-0.25, -0.2) is 0 Å². The fraction of sp³-hybridized carbons (Fsp3) is 0.118. The molecular weight excluding hydrogens is 447 g/mol. The lowest BCUT2D eigenvalue weighted by atomic mass is 10.2. The van der Waals surface area contributed by atoms with E-state index < -0.39 is 24.4 Å². The molecule has 136 valence electrons. The van der Waals surface area contributed by atoms with Gasteiger partial charge in [0.1, 0.15) is 6.54 Å². The summed E-state index contributed by atoms with van der Waals surface area (Å²) in [6, 6.07) is 11.4. The molecule has 0 bridgehead atoms. The zero-order valence-electron chi connectivity index (χ0n) is 13.2. The first kappa shape index (κ1) is 20.2.